The maximum atomic E-state index is 14.1. The van der Waals surface area contributed by atoms with Crippen LogP contribution in [0.15, 0.2) is 75.9 Å². The summed E-state index contributed by atoms with van der Waals surface area (Å²) in [6.45, 7) is 4.13. The number of fused-ring (bicyclic) bond motifs is 2. The maximum absolute atomic E-state index is 14.1. The van der Waals surface area contributed by atoms with Gasteiger partial charge in [0.1, 0.15) is 18.0 Å². The number of morpholine rings is 1. The molecule has 2 aliphatic rings. The van der Waals surface area contributed by atoms with Gasteiger partial charge in [-0.2, -0.15) is 0 Å². The van der Waals surface area contributed by atoms with Gasteiger partial charge >= 0.3 is 0 Å². The third-order valence-electron chi connectivity index (χ3n) is 7.43. The second kappa shape index (κ2) is 11.1. The van der Waals surface area contributed by atoms with Crippen molar-refractivity contribution in [2.75, 3.05) is 46.5 Å². The number of methoxy groups -OCH3 is 1. The van der Waals surface area contributed by atoms with Crippen molar-refractivity contribution >= 4 is 16.9 Å². The first-order chi connectivity index (χ1) is 19.5. The van der Waals surface area contributed by atoms with Gasteiger partial charge in [-0.3, -0.25) is 14.5 Å². The fraction of sp³-hybridized carbons (Fsp3) is 0.290. The molecule has 0 aliphatic carbocycles. The monoisotopic (exact) mass is 544 g/mol. The zero-order valence-corrected chi connectivity index (χ0v) is 22.1. The van der Waals surface area contributed by atoms with Crippen LogP contribution in [-0.2, 0) is 11.3 Å². The van der Waals surface area contributed by atoms with Crippen LogP contribution in [0.1, 0.15) is 33.3 Å². The molecule has 0 saturated carbocycles. The van der Waals surface area contributed by atoms with E-state index in [1.54, 1.807) is 24.1 Å². The number of nitrogens with zero attached hydrogens (tertiary/aromatic N) is 2. The standard InChI is InChI=1S/C31H29FN2O6/c1-37-26-17-21(7-9-25(26)39-19-20-5-3-2-4-6-20)28-27-29(35)23-18-22(32)8-10-24(23)40-30(27)31(36)34(28)12-11-33-13-15-38-16-14-33/h2-10,17-18,28H,11-16,19H2,1H3. The van der Waals surface area contributed by atoms with Crippen LogP contribution in [-0.4, -0.2) is 62.2 Å². The maximum Gasteiger partial charge on any atom is 0.290 e. The molecular formula is C31H29FN2O6. The summed E-state index contributed by atoms with van der Waals surface area (Å²) in [6, 6.07) is 18.2. The van der Waals surface area contributed by atoms with E-state index in [1.165, 1.54) is 12.1 Å². The molecule has 8 nitrogen and oxygen atoms in total. The molecule has 4 aromatic rings. The van der Waals surface area contributed by atoms with E-state index < -0.39 is 17.3 Å². The Hall–Kier alpha value is -4.21. The number of hydrogen-bond acceptors (Lipinski definition) is 7. The molecule has 3 aromatic carbocycles. The number of ether oxygens (including phenoxy) is 3. The highest BCUT2D eigenvalue weighted by Crippen LogP contribution is 2.41. The lowest BCUT2D eigenvalue weighted by Crippen LogP contribution is -2.42. The Balaban J connectivity index is 1.39. The number of benzene rings is 3. The number of rotatable bonds is 8. The lowest BCUT2D eigenvalue weighted by atomic mass is 9.98. The normalized spacial score (nSPS) is 17.3. The first-order valence-electron chi connectivity index (χ1n) is 13.3. The van der Waals surface area contributed by atoms with Crippen molar-refractivity contribution in [1.29, 1.82) is 0 Å². The van der Waals surface area contributed by atoms with Gasteiger partial charge in [0.15, 0.2) is 16.9 Å². The molecule has 1 unspecified atom stereocenters. The van der Waals surface area contributed by atoms with Gasteiger partial charge in [-0.15, -0.1) is 0 Å². The highest BCUT2D eigenvalue weighted by molar-refractivity contribution is 5.99. The van der Waals surface area contributed by atoms with Gasteiger partial charge in [-0.25, -0.2) is 4.39 Å². The average Bonchev–Trinajstić information content (AvgIpc) is 3.27. The van der Waals surface area contributed by atoms with Crippen molar-refractivity contribution in [2.45, 2.75) is 12.6 Å². The van der Waals surface area contributed by atoms with E-state index in [2.05, 4.69) is 4.90 Å². The molecule has 40 heavy (non-hydrogen) atoms. The minimum Gasteiger partial charge on any atom is -0.493 e. The summed E-state index contributed by atoms with van der Waals surface area (Å²) < 4.78 is 37.2. The molecule has 2 aliphatic heterocycles. The van der Waals surface area contributed by atoms with Crippen LogP contribution in [0.4, 0.5) is 4.39 Å². The molecule has 0 N–H and O–H groups in total. The molecule has 1 amide bonds. The summed E-state index contributed by atoms with van der Waals surface area (Å²) in [6.07, 6.45) is 0. The molecular weight excluding hydrogens is 515 g/mol. The van der Waals surface area contributed by atoms with Gasteiger partial charge in [0.2, 0.25) is 5.76 Å². The molecule has 9 heteroatoms. The lowest BCUT2D eigenvalue weighted by molar-refractivity contribution is 0.0314. The molecule has 1 fully saturated rings. The van der Waals surface area contributed by atoms with Crippen LogP contribution in [0.25, 0.3) is 11.0 Å². The van der Waals surface area contributed by atoms with Gasteiger partial charge < -0.3 is 23.5 Å². The summed E-state index contributed by atoms with van der Waals surface area (Å²) >= 11 is 0. The van der Waals surface area contributed by atoms with Gasteiger partial charge in [0.05, 0.1) is 37.3 Å². The fourth-order valence-corrected chi connectivity index (χ4v) is 5.35. The predicted octanol–water partition coefficient (Wildman–Crippen LogP) is 4.40. The third-order valence-corrected chi connectivity index (χ3v) is 7.43. The molecule has 206 valence electrons. The summed E-state index contributed by atoms with van der Waals surface area (Å²) in [5.41, 5.74) is 1.63. The summed E-state index contributed by atoms with van der Waals surface area (Å²) in [5.74, 6) is 0.0663. The van der Waals surface area contributed by atoms with Crippen LogP contribution < -0.4 is 14.9 Å². The Morgan fingerprint density at radius 2 is 1.75 bits per heavy atom. The van der Waals surface area contributed by atoms with Crippen LogP contribution in [0.2, 0.25) is 0 Å². The molecule has 6 rings (SSSR count). The van der Waals surface area contributed by atoms with Gasteiger partial charge in [0.25, 0.3) is 5.91 Å². The first-order valence-corrected chi connectivity index (χ1v) is 13.3. The summed E-state index contributed by atoms with van der Waals surface area (Å²) in [4.78, 5) is 31.3. The molecule has 1 saturated heterocycles. The largest absolute Gasteiger partial charge is 0.493 e. The molecule has 0 spiro atoms. The quantitative estimate of drug-likeness (QED) is 0.325. The van der Waals surface area contributed by atoms with E-state index in [9.17, 15) is 14.0 Å². The Bertz CT molecular complexity index is 1600. The van der Waals surface area contributed by atoms with Crippen LogP contribution in [0.3, 0.4) is 0 Å². The van der Waals surface area contributed by atoms with Crippen molar-refractivity contribution in [2.24, 2.45) is 0 Å². The Kier molecular flexibility index (Phi) is 7.23. The number of hydrogen-bond donors (Lipinski definition) is 0. The van der Waals surface area contributed by atoms with E-state index >= 15 is 0 Å². The van der Waals surface area contributed by atoms with Crippen molar-refractivity contribution in [3.63, 3.8) is 0 Å². The Labute approximate surface area is 230 Å². The first kappa shape index (κ1) is 26.0. The van der Waals surface area contributed by atoms with E-state index in [0.717, 1.165) is 24.7 Å². The van der Waals surface area contributed by atoms with E-state index in [4.69, 9.17) is 18.6 Å². The second-order valence-electron chi connectivity index (χ2n) is 9.85. The molecule has 1 atom stereocenters. The topological polar surface area (TPSA) is 81.5 Å². The minimum atomic E-state index is -0.732. The zero-order valence-electron chi connectivity index (χ0n) is 22.1. The summed E-state index contributed by atoms with van der Waals surface area (Å²) in [5, 5.41) is 0.0985. The smallest absolute Gasteiger partial charge is 0.290 e. The lowest BCUT2D eigenvalue weighted by Gasteiger charge is -2.31. The highest BCUT2D eigenvalue weighted by atomic mass is 19.1. The number of amides is 1. The van der Waals surface area contributed by atoms with Crippen LogP contribution >= 0.6 is 0 Å². The van der Waals surface area contributed by atoms with Crippen LogP contribution in [0, 0.1) is 5.82 Å². The van der Waals surface area contributed by atoms with Crippen molar-refractivity contribution in [3.8, 4) is 11.5 Å². The van der Waals surface area contributed by atoms with Crippen molar-refractivity contribution < 1.29 is 27.8 Å². The van der Waals surface area contributed by atoms with Crippen LogP contribution in [0.5, 0.6) is 11.5 Å². The highest BCUT2D eigenvalue weighted by Gasteiger charge is 2.43. The minimum absolute atomic E-state index is 0.0144. The summed E-state index contributed by atoms with van der Waals surface area (Å²) in [7, 11) is 1.54. The number of carbonyl (C=O) groups excluding carboxylic acids is 1. The molecule has 1 aromatic heterocycles. The molecule has 3 heterocycles. The average molecular weight is 545 g/mol. The van der Waals surface area contributed by atoms with Gasteiger partial charge in [0, 0.05) is 26.2 Å². The predicted molar refractivity (Wildman–Crippen MR) is 146 cm³/mol. The zero-order chi connectivity index (χ0) is 27.6. The third kappa shape index (κ3) is 4.94. The fourth-order valence-electron chi connectivity index (χ4n) is 5.35. The van der Waals surface area contributed by atoms with Gasteiger partial charge in [-0.1, -0.05) is 36.4 Å². The second-order valence-corrected chi connectivity index (χ2v) is 9.85. The Morgan fingerprint density at radius 1 is 0.950 bits per heavy atom. The van der Waals surface area contributed by atoms with E-state index in [-0.39, 0.29) is 28.2 Å². The van der Waals surface area contributed by atoms with E-state index in [0.29, 0.717) is 50.0 Å². The van der Waals surface area contributed by atoms with E-state index in [1.807, 2.05) is 36.4 Å². The Morgan fingerprint density at radius 3 is 2.52 bits per heavy atom. The number of carbonyl (C=O) groups is 1. The number of halogens is 1. The molecule has 0 bridgehead atoms. The SMILES string of the molecule is COc1cc(C2c3c(oc4ccc(F)cc4c3=O)C(=O)N2CCN2CCOCC2)ccc1OCc1ccccc1. The van der Waals surface area contributed by atoms with Crippen molar-refractivity contribution in [3.05, 3.63) is 105 Å². The molecule has 0 radical (unpaired) electrons. The van der Waals surface area contributed by atoms with Crippen molar-refractivity contribution in [1.82, 2.24) is 9.80 Å². The van der Waals surface area contributed by atoms with Gasteiger partial charge in [-0.05, 0) is 41.5 Å².